The minimum atomic E-state index is 0.400. The number of hydrogen-bond acceptors (Lipinski definition) is 1. The summed E-state index contributed by atoms with van der Waals surface area (Å²) in [6.45, 7) is 11.3. The van der Waals surface area contributed by atoms with Crippen molar-refractivity contribution in [2.45, 2.75) is 34.5 Å². The third-order valence-corrected chi connectivity index (χ3v) is 4.41. The number of ether oxygens (including phenoxy) is 1. The van der Waals surface area contributed by atoms with Gasteiger partial charge in [0.25, 0.3) is 0 Å². The van der Waals surface area contributed by atoms with Crippen molar-refractivity contribution in [2.75, 3.05) is 0 Å². The normalized spacial score (nSPS) is 12.8. The van der Waals surface area contributed by atoms with E-state index in [1.807, 2.05) is 0 Å². The highest BCUT2D eigenvalue weighted by Crippen LogP contribution is 2.28. The van der Waals surface area contributed by atoms with E-state index in [0.29, 0.717) is 6.71 Å². The van der Waals surface area contributed by atoms with E-state index in [9.17, 15) is 0 Å². The second-order valence-electron chi connectivity index (χ2n) is 5.77. The Kier molecular flexibility index (Phi) is 2.70. The summed E-state index contributed by atoms with van der Waals surface area (Å²) in [5.74, 6) is 2.04. The van der Waals surface area contributed by atoms with Crippen LogP contribution >= 0.6 is 0 Å². The third kappa shape index (κ3) is 1.86. The molecule has 0 bridgehead atoms. The summed E-state index contributed by atoms with van der Waals surface area (Å²) in [5, 5.41) is 0. The molecule has 0 spiro atoms. The van der Waals surface area contributed by atoms with E-state index in [1.54, 1.807) is 0 Å². The van der Waals surface area contributed by atoms with E-state index in [4.69, 9.17) is 4.74 Å². The molecular weight excluding hydrogens is 231 g/mol. The van der Waals surface area contributed by atoms with Crippen LogP contribution in [0.3, 0.4) is 0 Å². The maximum absolute atomic E-state index is 6.12. The summed E-state index contributed by atoms with van der Waals surface area (Å²) in [7, 11) is 0. The van der Waals surface area contributed by atoms with Crippen LogP contribution in [0.25, 0.3) is 0 Å². The fraction of sp³-hybridized carbons (Fsp3) is 0.294. The van der Waals surface area contributed by atoms with Gasteiger partial charge in [-0.05, 0) is 73.0 Å². The molecule has 0 N–H and O–H groups in total. The molecule has 2 aromatic rings. The molecule has 0 fully saturated rings. The maximum atomic E-state index is 6.12. The maximum Gasteiger partial charge on any atom is 0.216 e. The fourth-order valence-corrected chi connectivity index (χ4v) is 2.76. The highest BCUT2D eigenvalue weighted by atomic mass is 16.5. The lowest BCUT2D eigenvalue weighted by molar-refractivity contribution is 0.486. The van der Waals surface area contributed by atoms with Crippen molar-refractivity contribution in [3.63, 3.8) is 0 Å². The average molecular weight is 250 g/mol. The standard InChI is InChI=1S/C17H19BO/c1-10-6-14-16(8-12(10)3)19-17-9-13(4)11(2)7-15(17)18(14)5/h6-9H,1-5H3. The second-order valence-corrected chi connectivity index (χ2v) is 5.77. The van der Waals surface area contributed by atoms with Gasteiger partial charge in [-0.2, -0.15) is 0 Å². The monoisotopic (exact) mass is 250 g/mol. The first-order valence-corrected chi connectivity index (χ1v) is 6.87. The van der Waals surface area contributed by atoms with Crippen molar-refractivity contribution in [1.82, 2.24) is 0 Å². The quantitative estimate of drug-likeness (QED) is 0.652. The molecule has 0 aromatic heterocycles. The van der Waals surface area contributed by atoms with Crippen LogP contribution in [0.15, 0.2) is 24.3 Å². The largest absolute Gasteiger partial charge is 0.458 e. The fourth-order valence-electron chi connectivity index (χ4n) is 2.76. The molecule has 0 aliphatic carbocycles. The van der Waals surface area contributed by atoms with E-state index in [0.717, 1.165) is 11.5 Å². The molecule has 1 heterocycles. The van der Waals surface area contributed by atoms with Crippen LogP contribution < -0.4 is 15.7 Å². The molecule has 0 unspecified atom stereocenters. The molecule has 19 heavy (non-hydrogen) atoms. The molecule has 0 saturated heterocycles. The van der Waals surface area contributed by atoms with Crippen molar-refractivity contribution in [1.29, 1.82) is 0 Å². The second kappa shape index (κ2) is 4.16. The summed E-state index contributed by atoms with van der Waals surface area (Å²) >= 11 is 0. The first-order valence-electron chi connectivity index (χ1n) is 6.87. The molecule has 1 aliphatic rings. The predicted molar refractivity (Wildman–Crippen MR) is 82.8 cm³/mol. The Bertz CT molecular complexity index is 616. The van der Waals surface area contributed by atoms with Gasteiger partial charge in [0.2, 0.25) is 6.71 Å². The van der Waals surface area contributed by atoms with Gasteiger partial charge in [0, 0.05) is 0 Å². The summed E-state index contributed by atoms with van der Waals surface area (Å²) in [5.41, 5.74) is 7.86. The Morgan fingerprint density at radius 1 is 0.684 bits per heavy atom. The van der Waals surface area contributed by atoms with Crippen LogP contribution in [0.5, 0.6) is 11.5 Å². The molecule has 2 heteroatoms. The first kappa shape index (κ1) is 12.3. The van der Waals surface area contributed by atoms with Gasteiger partial charge in [-0.25, -0.2) is 0 Å². The van der Waals surface area contributed by atoms with Crippen LogP contribution in [0.1, 0.15) is 22.3 Å². The van der Waals surface area contributed by atoms with Gasteiger partial charge in [-0.3, -0.25) is 0 Å². The Labute approximate surface area is 115 Å². The molecule has 0 amide bonds. The van der Waals surface area contributed by atoms with E-state index in [2.05, 4.69) is 58.8 Å². The zero-order valence-corrected chi connectivity index (χ0v) is 12.3. The Morgan fingerprint density at radius 3 is 1.47 bits per heavy atom. The molecule has 96 valence electrons. The third-order valence-electron chi connectivity index (χ3n) is 4.41. The minimum absolute atomic E-state index is 0.400. The number of aryl methyl sites for hydroxylation is 4. The molecule has 0 atom stereocenters. The number of hydrogen-bond donors (Lipinski definition) is 0. The average Bonchev–Trinajstić information content (AvgIpc) is 2.35. The summed E-state index contributed by atoms with van der Waals surface area (Å²) in [6.07, 6.45) is 0. The van der Waals surface area contributed by atoms with E-state index < -0.39 is 0 Å². The predicted octanol–water partition coefficient (Wildman–Crippen LogP) is 3.26. The van der Waals surface area contributed by atoms with E-state index in [1.165, 1.54) is 33.2 Å². The van der Waals surface area contributed by atoms with Gasteiger partial charge in [-0.1, -0.05) is 19.0 Å². The van der Waals surface area contributed by atoms with Crippen LogP contribution in [-0.4, -0.2) is 6.71 Å². The van der Waals surface area contributed by atoms with Crippen molar-refractivity contribution in [3.05, 3.63) is 46.5 Å². The molecule has 3 rings (SSSR count). The van der Waals surface area contributed by atoms with Gasteiger partial charge in [0.1, 0.15) is 11.5 Å². The van der Waals surface area contributed by atoms with Crippen molar-refractivity contribution in [2.24, 2.45) is 0 Å². The molecule has 0 saturated carbocycles. The highest BCUT2D eigenvalue weighted by molar-refractivity contribution is 6.85. The Balaban J connectivity index is 2.20. The number of fused-ring (bicyclic) bond motifs is 2. The van der Waals surface area contributed by atoms with Gasteiger partial charge < -0.3 is 4.74 Å². The Hall–Kier alpha value is -1.70. The lowest BCUT2D eigenvalue weighted by atomic mass is 9.41. The number of rotatable bonds is 0. The molecular formula is C17H19BO. The lowest BCUT2D eigenvalue weighted by Crippen LogP contribution is -2.44. The zero-order chi connectivity index (χ0) is 13.7. The molecule has 1 nitrogen and oxygen atoms in total. The van der Waals surface area contributed by atoms with Crippen molar-refractivity contribution < 1.29 is 4.74 Å². The van der Waals surface area contributed by atoms with Gasteiger partial charge in [0.15, 0.2) is 0 Å². The smallest absolute Gasteiger partial charge is 0.216 e. The zero-order valence-electron chi connectivity index (χ0n) is 12.3. The van der Waals surface area contributed by atoms with Gasteiger partial charge in [0.05, 0.1) is 0 Å². The summed E-state index contributed by atoms with van der Waals surface area (Å²) < 4.78 is 6.12. The topological polar surface area (TPSA) is 9.23 Å². The lowest BCUT2D eigenvalue weighted by Gasteiger charge is -2.26. The highest BCUT2D eigenvalue weighted by Gasteiger charge is 2.27. The van der Waals surface area contributed by atoms with Crippen LogP contribution in [0, 0.1) is 27.7 Å². The SMILES string of the molecule is CB1c2cc(C)c(C)cc2Oc2cc(C)c(C)cc21. The van der Waals surface area contributed by atoms with Gasteiger partial charge >= 0.3 is 0 Å². The van der Waals surface area contributed by atoms with Crippen LogP contribution in [0.4, 0.5) is 0 Å². The molecule has 1 aliphatic heterocycles. The van der Waals surface area contributed by atoms with Crippen molar-refractivity contribution in [3.8, 4) is 11.5 Å². The molecule has 0 radical (unpaired) electrons. The van der Waals surface area contributed by atoms with E-state index >= 15 is 0 Å². The summed E-state index contributed by atoms with van der Waals surface area (Å²) in [4.78, 5) is 0. The van der Waals surface area contributed by atoms with Crippen LogP contribution in [-0.2, 0) is 0 Å². The van der Waals surface area contributed by atoms with Gasteiger partial charge in [-0.15, -0.1) is 0 Å². The van der Waals surface area contributed by atoms with E-state index in [-0.39, 0.29) is 0 Å². The number of benzene rings is 2. The summed E-state index contributed by atoms with van der Waals surface area (Å²) in [6, 6.07) is 8.87. The minimum Gasteiger partial charge on any atom is -0.458 e. The Morgan fingerprint density at radius 2 is 1.05 bits per heavy atom. The van der Waals surface area contributed by atoms with Crippen LogP contribution in [0.2, 0.25) is 6.82 Å². The molecule has 2 aromatic carbocycles. The van der Waals surface area contributed by atoms with Crippen molar-refractivity contribution >= 4 is 17.6 Å². The first-order chi connectivity index (χ1) is 8.97.